The zero-order chi connectivity index (χ0) is 27.2. The summed E-state index contributed by atoms with van der Waals surface area (Å²) in [4.78, 5) is 12.5. The second kappa shape index (κ2) is 9.29. The van der Waals surface area contributed by atoms with Gasteiger partial charge in [-0.1, -0.05) is 24.3 Å². The minimum Gasteiger partial charge on any atom is -0.468 e. The predicted octanol–water partition coefficient (Wildman–Crippen LogP) is 5.62. The van der Waals surface area contributed by atoms with E-state index in [0.717, 1.165) is 0 Å². The lowest BCUT2D eigenvalue weighted by Crippen LogP contribution is -2.43. The highest BCUT2D eigenvalue weighted by Gasteiger charge is 2.58. The number of benzene rings is 2. The number of allylic oxidation sites excluding steroid dienone is 2. The van der Waals surface area contributed by atoms with Gasteiger partial charge < -0.3 is 14.4 Å². The molecule has 2 heterocycles. The second-order valence-corrected chi connectivity index (χ2v) is 9.01. The number of carbonyl (C=O) groups excluding carboxylic acids is 1. The molecule has 4 aromatic rings. The minimum absolute atomic E-state index is 0.107. The maximum atomic E-state index is 14.8. The molecule has 0 aliphatic heterocycles. The van der Waals surface area contributed by atoms with E-state index in [-0.39, 0.29) is 18.5 Å². The molecular weight excluding hydrogens is 502 g/mol. The molecule has 2 aromatic carbocycles. The van der Waals surface area contributed by atoms with Crippen LogP contribution >= 0.6 is 0 Å². The summed E-state index contributed by atoms with van der Waals surface area (Å²) in [5.41, 5.74) is -2.80. The van der Waals surface area contributed by atoms with Gasteiger partial charge in [0, 0.05) is 34.9 Å². The highest BCUT2D eigenvalue weighted by atomic mass is 19.4. The molecule has 2 aromatic heterocycles. The maximum absolute atomic E-state index is 14.8. The van der Waals surface area contributed by atoms with Crippen LogP contribution in [0.2, 0.25) is 0 Å². The molecule has 5 rings (SSSR count). The van der Waals surface area contributed by atoms with Gasteiger partial charge in [-0.2, -0.15) is 18.3 Å². The van der Waals surface area contributed by atoms with Gasteiger partial charge in [-0.25, -0.2) is 9.07 Å². The average Bonchev–Trinajstić information content (AvgIpc) is 3.49. The minimum atomic E-state index is -5.12. The number of methoxy groups -OCH3 is 1. The number of fused-ring (bicyclic) bond motifs is 2. The number of hydrogen-bond donors (Lipinski definition) is 1. The second-order valence-electron chi connectivity index (χ2n) is 9.01. The van der Waals surface area contributed by atoms with Crippen molar-refractivity contribution in [1.29, 1.82) is 0 Å². The molecule has 6 nitrogen and oxygen atoms in total. The van der Waals surface area contributed by atoms with Crippen molar-refractivity contribution in [3.8, 4) is 5.69 Å². The van der Waals surface area contributed by atoms with Gasteiger partial charge in [0.05, 0.1) is 24.5 Å². The fourth-order valence-electron chi connectivity index (χ4n) is 5.03. The number of alkyl halides is 3. The number of rotatable bonds is 6. The van der Waals surface area contributed by atoms with E-state index in [1.807, 2.05) is 0 Å². The molecule has 1 N–H and O–H groups in total. The topological polar surface area (TPSA) is 69.3 Å². The van der Waals surface area contributed by atoms with E-state index in [1.165, 1.54) is 83.4 Å². The molecule has 10 heteroatoms. The standard InChI is InChI=1S/C28H23F4N3O3/c1-3-13-34-16-23(21-5-4-6-22(25(21)34)26(36)38-2)27(37,28(30,31)32)18-7-12-24-17(14-18)15-33-35(24)20-10-8-19(29)9-11-20/h3-5,7-12,14-16,22,37H,1,6,13H2,2H3. The van der Waals surface area contributed by atoms with Gasteiger partial charge in [0.15, 0.2) is 0 Å². The first-order chi connectivity index (χ1) is 18.1. The van der Waals surface area contributed by atoms with Crippen LogP contribution in [0.25, 0.3) is 22.7 Å². The molecule has 1 aliphatic carbocycles. The third kappa shape index (κ3) is 3.92. The molecular formula is C28H23F4N3O3. The predicted molar refractivity (Wildman–Crippen MR) is 133 cm³/mol. The lowest BCUT2D eigenvalue weighted by Gasteiger charge is -2.32. The SMILES string of the molecule is C=CCn1cc(C(O)(c2ccc3c(cnn3-c3ccc(F)cc3)c2)C(F)(F)F)c2c1C(C(=O)OC)CC=C2. The number of carbonyl (C=O) groups is 1. The Hall–Kier alpha value is -4.18. The smallest absolute Gasteiger partial charge is 0.425 e. The fourth-order valence-corrected chi connectivity index (χ4v) is 5.03. The van der Waals surface area contributed by atoms with Gasteiger partial charge in [0.25, 0.3) is 0 Å². The Morgan fingerprint density at radius 1 is 1.24 bits per heavy atom. The first-order valence-corrected chi connectivity index (χ1v) is 11.7. The lowest BCUT2D eigenvalue weighted by molar-refractivity contribution is -0.248. The van der Waals surface area contributed by atoms with Crippen molar-refractivity contribution < 1.29 is 32.2 Å². The summed E-state index contributed by atoms with van der Waals surface area (Å²) < 4.78 is 65.7. The number of nitrogens with zero attached hydrogens (tertiary/aromatic N) is 3. The van der Waals surface area contributed by atoms with Crippen LogP contribution < -0.4 is 0 Å². The average molecular weight is 526 g/mol. The van der Waals surface area contributed by atoms with E-state index in [0.29, 0.717) is 22.3 Å². The molecule has 0 fully saturated rings. The third-order valence-corrected chi connectivity index (χ3v) is 6.82. The van der Waals surface area contributed by atoms with Crippen LogP contribution in [0, 0.1) is 5.82 Å². The first-order valence-electron chi connectivity index (χ1n) is 11.7. The Balaban J connectivity index is 1.70. The summed E-state index contributed by atoms with van der Waals surface area (Å²) in [7, 11) is 1.22. The zero-order valence-electron chi connectivity index (χ0n) is 20.2. The summed E-state index contributed by atoms with van der Waals surface area (Å²) in [5.74, 6) is -1.85. The van der Waals surface area contributed by atoms with Crippen LogP contribution in [-0.4, -0.2) is 38.7 Å². The summed E-state index contributed by atoms with van der Waals surface area (Å²) in [5, 5.41) is 16.1. The van der Waals surface area contributed by atoms with Gasteiger partial charge in [-0.3, -0.25) is 4.79 Å². The molecule has 0 bridgehead atoms. The molecule has 38 heavy (non-hydrogen) atoms. The molecule has 196 valence electrons. The third-order valence-electron chi connectivity index (χ3n) is 6.82. The van der Waals surface area contributed by atoms with Crippen LogP contribution in [0.1, 0.15) is 34.7 Å². The molecule has 2 unspecified atom stereocenters. The molecule has 0 radical (unpaired) electrons. The van der Waals surface area contributed by atoms with Crippen LogP contribution in [0.5, 0.6) is 0 Å². The van der Waals surface area contributed by atoms with Crippen LogP contribution in [-0.2, 0) is 21.7 Å². The van der Waals surface area contributed by atoms with Crippen molar-refractivity contribution in [3.05, 3.63) is 102 Å². The summed E-state index contributed by atoms with van der Waals surface area (Å²) >= 11 is 0. The van der Waals surface area contributed by atoms with E-state index >= 15 is 0 Å². The number of esters is 1. The molecule has 0 saturated heterocycles. The summed E-state index contributed by atoms with van der Waals surface area (Å²) in [6.45, 7) is 3.80. The number of aromatic nitrogens is 3. The van der Waals surface area contributed by atoms with Crippen LogP contribution in [0.3, 0.4) is 0 Å². The van der Waals surface area contributed by atoms with E-state index in [4.69, 9.17) is 4.74 Å². The van der Waals surface area contributed by atoms with E-state index in [1.54, 1.807) is 6.08 Å². The highest BCUT2D eigenvalue weighted by molar-refractivity contribution is 5.83. The monoisotopic (exact) mass is 525 g/mol. The van der Waals surface area contributed by atoms with Crippen molar-refractivity contribution in [2.24, 2.45) is 0 Å². The highest BCUT2D eigenvalue weighted by Crippen LogP contribution is 2.49. The Labute approximate surface area is 215 Å². The first kappa shape index (κ1) is 25.5. The van der Waals surface area contributed by atoms with Crippen molar-refractivity contribution in [2.45, 2.75) is 30.7 Å². The molecule has 2 atom stereocenters. The van der Waals surface area contributed by atoms with E-state index in [2.05, 4.69) is 11.7 Å². The van der Waals surface area contributed by atoms with Crippen LogP contribution in [0.4, 0.5) is 17.6 Å². The van der Waals surface area contributed by atoms with E-state index < -0.39 is 40.6 Å². The number of hydrogen-bond acceptors (Lipinski definition) is 4. The number of halogens is 4. The largest absolute Gasteiger partial charge is 0.468 e. The summed E-state index contributed by atoms with van der Waals surface area (Å²) in [6, 6.07) is 9.37. The van der Waals surface area contributed by atoms with Crippen molar-refractivity contribution in [2.75, 3.05) is 7.11 Å². The van der Waals surface area contributed by atoms with Gasteiger partial charge in [-0.05, 0) is 48.4 Å². The lowest BCUT2D eigenvalue weighted by atomic mass is 9.81. The van der Waals surface area contributed by atoms with Gasteiger partial charge in [0.1, 0.15) is 11.7 Å². The fraction of sp³-hybridized carbons (Fsp3) is 0.214. The van der Waals surface area contributed by atoms with Crippen LogP contribution in [0.15, 0.2) is 73.6 Å². The number of ether oxygens (including phenoxy) is 1. The summed E-state index contributed by atoms with van der Waals surface area (Å²) in [6.07, 6.45) is 2.32. The zero-order valence-corrected chi connectivity index (χ0v) is 20.2. The van der Waals surface area contributed by atoms with Crippen molar-refractivity contribution in [1.82, 2.24) is 14.3 Å². The van der Waals surface area contributed by atoms with Gasteiger partial charge >= 0.3 is 12.1 Å². The normalized spacial score (nSPS) is 16.7. The Morgan fingerprint density at radius 2 is 1.97 bits per heavy atom. The van der Waals surface area contributed by atoms with Crippen molar-refractivity contribution in [3.63, 3.8) is 0 Å². The molecule has 1 aliphatic rings. The van der Waals surface area contributed by atoms with Crippen molar-refractivity contribution >= 4 is 22.9 Å². The molecule has 0 amide bonds. The molecule has 0 saturated carbocycles. The Kier molecular flexibility index (Phi) is 6.22. The Bertz CT molecular complexity index is 1570. The van der Waals surface area contributed by atoms with Gasteiger partial charge in [-0.15, -0.1) is 6.58 Å². The maximum Gasteiger partial charge on any atom is 0.425 e. The Morgan fingerprint density at radius 3 is 2.63 bits per heavy atom. The quantitative estimate of drug-likeness (QED) is 0.202. The van der Waals surface area contributed by atoms with E-state index in [9.17, 15) is 27.5 Å². The number of aliphatic hydroxyl groups is 1. The van der Waals surface area contributed by atoms with Gasteiger partial charge in [0.2, 0.25) is 5.60 Å². The molecule has 0 spiro atoms.